The van der Waals surface area contributed by atoms with Gasteiger partial charge in [0.1, 0.15) is 0 Å². The van der Waals surface area contributed by atoms with Crippen LogP contribution in [0.15, 0.2) is 59.4 Å². The van der Waals surface area contributed by atoms with Crippen molar-refractivity contribution in [3.63, 3.8) is 0 Å². The number of aromatic nitrogens is 3. The van der Waals surface area contributed by atoms with Crippen molar-refractivity contribution in [2.75, 3.05) is 26.3 Å². The molecule has 0 N–H and O–H groups in total. The zero-order chi connectivity index (χ0) is 23.4. The van der Waals surface area contributed by atoms with Crippen molar-refractivity contribution in [2.24, 2.45) is 11.3 Å². The summed E-state index contributed by atoms with van der Waals surface area (Å²) in [7, 11) is 0. The maximum absolute atomic E-state index is 5.68. The average molecular weight is 462 g/mol. The predicted octanol–water partition coefficient (Wildman–Crippen LogP) is 3.96. The number of hydrogen-bond acceptors (Lipinski definition) is 7. The van der Waals surface area contributed by atoms with Crippen molar-refractivity contribution in [3.05, 3.63) is 77.7 Å². The topological polar surface area (TPSA) is 67.5 Å². The lowest BCUT2D eigenvalue weighted by molar-refractivity contribution is -0.0720. The van der Waals surface area contributed by atoms with E-state index in [1.54, 1.807) is 0 Å². The normalized spacial score (nSPS) is 22.6. The molecule has 2 aliphatic rings. The van der Waals surface area contributed by atoms with Crippen LogP contribution in [-0.4, -0.2) is 57.3 Å². The highest BCUT2D eigenvalue weighted by Gasteiger charge is 2.50. The number of ether oxygens (including phenoxy) is 1. The van der Waals surface area contributed by atoms with Gasteiger partial charge in [0.2, 0.25) is 0 Å². The molecule has 3 aromatic rings. The molecular weight excluding hydrogens is 426 g/mol. The molecule has 180 valence electrons. The van der Waals surface area contributed by atoms with Gasteiger partial charge in [-0.05, 0) is 48.4 Å². The fourth-order valence-electron chi connectivity index (χ4n) is 5.39. The zero-order valence-electron chi connectivity index (χ0n) is 20.3. The lowest BCUT2D eigenvalue weighted by Crippen LogP contribution is -2.58. The van der Waals surface area contributed by atoms with Gasteiger partial charge in [-0.2, -0.15) is 0 Å². The van der Waals surface area contributed by atoms with Crippen LogP contribution in [0.3, 0.4) is 0 Å². The molecule has 1 saturated heterocycles. The molecule has 0 aromatic carbocycles. The van der Waals surface area contributed by atoms with Crippen LogP contribution < -0.4 is 0 Å². The summed E-state index contributed by atoms with van der Waals surface area (Å²) in [5, 5.41) is 4.41. The largest absolute Gasteiger partial charge is 0.379 e. The Bertz CT molecular complexity index is 992. The van der Waals surface area contributed by atoms with E-state index in [-0.39, 0.29) is 5.41 Å². The number of nitrogens with zero attached hydrogens (tertiary/aromatic N) is 5. The molecule has 1 aliphatic heterocycles. The van der Waals surface area contributed by atoms with Gasteiger partial charge in [-0.15, -0.1) is 0 Å². The second kappa shape index (κ2) is 10.3. The molecule has 0 bridgehead atoms. The highest BCUT2D eigenvalue weighted by atomic mass is 16.5. The molecule has 1 aliphatic carbocycles. The Balaban J connectivity index is 1.24. The zero-order valence-corrected chi connectivity index (χ0v) is 20.3. The third kappa shape index (κ3) is 5.37. The number of pyridine rings is 2. The fourth-order valence-corrected chi connectivity index (χ4v) is 5.39. The molecule has 2 fully saturated rings. The summed E-state index contributed by atoms with van der Waals surface area (Å²) >= 11 is 0. The van der Waals surface area contributed by atoms with Crippen molar-refractivity contribution < 1.29 is 9.26 Å². The van der Waals surface area contributed by atoms with E-state index in [2.05, 4.69) is 69.1 Å². The highest BCUT2D eigenvalue weighted by molar-refractivity contribution is 5.14. The third-order valence-corrected chi connectivity index (χ3v) is 7.59. The Kier molecular flexibility index (Phi) is 7.04. The first kappa shape index (κ1) is 23.1. The Morgan fingerprint density at radius 2 is 1.65 bits per heavy atom. The summed E-state index contributed by atoms with van der Waals surface area (Å²) in [5.41, 5.74) is 3.43. The molecule has 5 rings (SSSR count). The van der Waals surface area contributed by atoms with E-state index in [0.717, 1.165) is 81.6 Å². The summed E-state index contributed by atoms with van der Waals surface area (Å²) in [4.78, 5) is 14.1. The molecule has 0 amide bonds. The molecule has 0 spiro atoms. The first-order chi connectivity index (χ1) is 16.6. The molecule has 0 radical (unpaired) electrons. The number of morpholine rings is 1. The molecule has 4 heterocycles. The van der Waals surface area contributed by atoms with E-state index in [1.807, 2.05) is 24.5 Å². The van der Waals surface area contributed by atoms with E-state index < -0.39 is 0 Å². The van der Waals surface area contributed by atoms with Crippen LogP contribution >= 0.6 is 0 Å². The number of hydrogen-bond donors (Lipinski definition) is 0. The monoisotopic (exact) mass is 461 g/mol. The summed E-state index contributed by atoms with van der Waals surface area (Å²) in [6.45, 7) is 10.8. The Morgan fingerprint density at radius 1 is 0.971 bits per heavy atom. The van der Waals surface area contributed by atoms with Crippen molar-refractivity contribution in [1.82, 2.24) is 24.9 Å². The summed E-state index contributed by atoms with van der Waals surface area (Å²) in [6, 6.07) is 14.9. The molecule has 1 saturated carbocycles. The van der Waals surface area contributed by atoms with Gasteiger partial charge in [0, 0.05) is 50.7 Å². The van der Waals surface area contributed by atoms with E-state index in [9.17, 15) is 0 Å². The van der Waals surface area contributed by atoms with Gasteiger partial charge in [-0.25, -0.2) is 0 Å². The van der Waals surface area contributed by atoms with E-state index in [0.29, 0.717) is 12.0 Å². The highest BCUT2D eigenvalue weighted by Crippen LogP contribution is 2.51. The Morgan fingerprint density at radius 3 is 2.24 bits per heavy atom. The summed E-state index contributed by atoms with van der Waals surface area (Å²) in [5.74, 6) is 1.52. The summed E-state index contributed by atoms with van der Waals surface area (Å²) in [6.07, 6.45) is 5.85. The minimum Gasteiger partial charge on any atom is -0.379 e. The summed E-state index contributed by atoms with van der Waals surface area (Å²) < 4.78 is 11.1. The number of rotatable bonds is 9. The maximum Gasteiger partial charge on any atom is 0.150 e. The molecule has 7 nitrogen and oxygen atoms in total. The smallest absolute Gasteiger partial charge is 0.150 e. The van der Waals surface area contributed by atoms with Crippen LogP contribution in [0.2, 0.25) is 0 Å². The second-order valence-corrected chi connectivity index (χ2v) is 10.2. The van der Waals surface area contributed by atoms with Crippen LogP contribution in [0.25, 0.3) is 0 Å². The lowest BCUT2D eigenvalue weighted by Gasteiger charge is -2.56. The average Bonchev–Trinajstić information content (AvgIpc) is 3.30. The van der Waals surface area contributed by atoms with Crippen LogP contribution in [0.1, 0.15) is 43.1 Å². The Hall–Kier alpha value is -2.61. The molecule has 34 heavy (non-hydrogen) atoms. The van der Waals surface area contributed by atoms with Crippen LogP contribution in [0.5, 0.6) is 0 Å². The first-order valence-electron chi connectivity index (χ1n) is 12.4. The van der Waals surface area contributed by atoms with Gasteiger partial charge in [0.25, 0.3) is 0 Å². The third-order valence-electron chi connectivity index (χ3n) is 7.59. The minimum absolute atomic E-state index is 0.160. The molecule has 0 unspecified atom stereocenters. The minimum atomic E-state index is 0.160. The fraction of sp³-hybridized carbons (Fsp3) is 0.519. The molecule has 7 heteroatoms. The predicted molar refractivity (Wildman–Crippen MR) is 130 cm³/mol. The first-order valence-corrected chi connectivity index (χ1v) is 12.4. The van der Waals surface area contributed by atoms with Gasteiger partial charge >= 0.3 is 0 Å². The van der Waals surface area contributed by atoms with E-state index in [1.165, 1.54) is 0 Å². The van der Waals surface area contributed by atoms with Gasteiger partial charge in [-0.1, -0.05) is 31.1 Å². The van der Waals surface area contributed by atoms with Crippen LogP contribution in [-0.2, 0) is 30.8 Å². The van der Waals surface area contributed by atoms with Crippen LogP contribution in [0.4, 0.5) is 0 Å². The quantitative estimate of drug-likeness (QED) is 0.478. The Labute approximate surface area is 202 Å². The maximum atomic E-state index is 5.68. The second-order valence-electron chi connectivity index (χ2n) is 10.2. The standard InChI is InChI=1S/C27H35N5O2/c1-27(2)21(15-24-17-25(34-30-24)20-31-11-13-33-14-12-31)16-26(27)32(18-22-7-3-5-9-28-22)19-23-8-4-6-10-29-23/h3-10,17,21,26H,11-16,18-20H2,1-2H3/t21-,26+/m1/s1. The molecule has 2 atom stereocenters. The van der Waals surface area contributed by atoms with Crippen molar-refractivity contribution in [3.8, 4) is 0 Å². The van der Waals surface area contributed by atoms with E-state index in [4.69, 9.17) is 9.26 Å². The van der Waals surface area contributed by atoms with Gasteiger partial charge in [-0.3, -0.25) is 19.8 Å². The molecule has 3 aromatic heterocycles. The van der Waals surface area contributed by atoms with Crippen LogP contribution in [0, 0.1) is 11.3 Å². The van der Waals surface area contributed by atoms with Gasteiger partial charge < -0.3 is 9.26 Å². The SMILES string of the molecule is CC1(C)[C@H](Cc2cc(CN3CCOCC3)on2)C[C@@H]1N(Cc1ccccn1)Cc1ccccn1. The van der Waals surface area contributed by atoms with Gasteiger partial charge in [0.15, 0.2) is 5.76 Å². The van der Waals surface area contributed by atoms with Gasteiger partial charge in [0.05, 0.1) is 36.8 Å². The molecular formula is C27H35N5O2. The van der Waals surface area contributed by atoms with Crippen molar-refractivity contribution in [1.29, 1.82) is 0 Å². The van der Waals surface area contributed by atoms with Crippen molar-refractivity contribution in [2.45, 2.75) is 52.4 Å². The van der Waals surface area contributed by atoms with Crippen molar-refractivity contribution >= 4 is 0 Å². The van der Waals surface area contributed by atoms with E-state index >= 15 is 0 Å². The lowest BCUT2D eigenvalue weighted by atomic mass is 9.56.